The molecule has 2 heteroatoms. The Bertz CT molecular complexity index is 300. The van der Waals surface area contributed by atoms with Crippen LogP contribution in [-0.2, 0) is 37.1 Å². The van der Waals surface area contributed by atoms with Crippen LogP contribution in [0, 0.1) is 36.4 Å². The van der Waals surface area contributed by atoms with Crippen LogP contribution in [0.1, 0.15) is 0 Å². The topological polar surface area (TPSA) is 0 Å². The van der Waals surface area contributed by atoms with Crippen LogP contribution in [0.3, 0.4) is 0 Å². The maximum atomic E-state index is 2.50. The molecule has 0 N–H and O–H groups in total. The first-order valence-corrected chi connectivity index (χ1v) is 4.83. The van der Waals surface area contributed by atoms with Crippen molar-refractivity contribution in [2.75, 3.05) is 0 Å². The number of benzene rings is 1. The summed E-state index contributed by atoms with van der Waals surface area (Å²) in [6, 6.07) is 35.0. The molecular formula is C16H10V2-2. The molecule has 0 aromatic heterocycles. The van der Waals surface area contributed by atoms with Crippen LogP contribution in [0.5, 0.6) is 0 Å². The SMILES string of the molecule is [V].[V].[c]1[c][c][c][c][c]1.c1cc[cH-]c1.c1cc[cH-]c1. The molecule has 8 radical (unpaired) electrons. The van der Waals surface area contributed by atoms with Crippen LogP contribution >= 0.6 is 0 Å². The number of rotatable bonds is 0. The molecule has 0 aliphatic carbocycles. The zero-order chi connectivity index (χ0) is 11.3. The third-order valence-electron chi connectivity index (χ3n) is 1.49. The van der Waals surface area contributed by atoms with Crippen LogP contribution in [0.15, 0.2) is 60.7 Å². The van der Waals surface area contributed by atoms with Gasteiger partial charge in [-0.15, -0.1) is 0 Å². The Morgan fingerprint density at radius 2 is 0.667 bits per heavy atom. The van der Waals surface area contributed by atoms with Gasteiger partial charge < -0.3 is 0 Å². The second-order valence-electron chi connectivity index (χ2n) is 2.67. The standard InChI is InChI=1S/C6.2C5H5.2V/c1-2-4-6-5-3-1;2*1-2-4-5-3-1;;/h;2*1-5H;;/q;2*-1;;. The minimum absolute atomic E-state index is 0. The predicted molar refractivity (Wildman–Crippen MR) is 63.5 cm³/mol. The largest absolute Gasteiger partial charge is 0.214 e. The van der Waals surface area contributed by atoms with Crippen molar-refractivity contribution in [2.24, 2.45) is 0 Å². The van der Waals surface area contributed by atoms with E-state index in [9.17, 15) is 0 Å². The molecule has 0 spiro atoms. The molecule has 0 nitrogen and oxygen atoms in total. The Morgan fingerprint density at radius 1 is 0.444 bits per heavy atom. The zero-order valence-electron chi connectivity index (χ0n) is 9.67. The van der Waals surface area contributed by atoms with E-state index in [1.54, 1.807) is 0 Å². The number of hydrogen-bond acceptors (Lipinski definition) is 0. The second kappa shape index (κ2) is 16.1. The van der Waals surface area contributed by atoms with Gasteiger partial charge in [0.25, 0.3) is 0 Å². The Balaban J connectivity index is 0. The summed E-state index contributed by atoms with van der Waals surface area (Å²) in [6.07, 6.45) is 0. The second-order valence-corrected chi connectivity index (χ2v) is 2.67. The van der Waals surface area contributed by atoms with Crippen LogP contribution < -0.4 is 0 Å². The fourth-order valence-corrected chi connectivity index (χ4v) is 0.829. The van der Waals surface area contributed by atoms with Gasteiger partial charge in [0.05, 0.1) is 0 Å². The molecule has 18 heavy (non-hydrogen) atoms. The smallest absolute Gasteiger partial charge is 0 e. The van der Waals surface area contributed by atoms with Gasteiger partial charge in [-0.05, 0) is 0 Å². The van der Waals surface area contributed by atoms with E-state index in [2.05, 4.69) is 36.4 Å². The molecule has 0 bridgehead atoms. The molecule has 0 saturated heterocycles. The maximum Gasteiger partial charge on any atom is 0 e. The fraction of sp³-hybridized carbons (Fsp3) is 0. The van der Waals surface area contributed by atoms with Crippen molar-refractivity contribution < 1.29 is 37.1 Å². The zero-order valence-corrected chi connectivity index (χ0v) is 12.5. The third kappa shape index (κ3) is 13.2. The number of hydrogen-bond donors (Lipinski definition) is 0. The molecular weight excluding hydrogens is 294 g/mol. The van der Waals surface area contributed by atoms with Gasteiger partial charge in [0.1, 0.15) is 0 Å². The van der Waals surface area contributed by atoms with Crippen LogP contribution in [-0.4, -0.2) is 0 Å². The van der Waals surface area contributed by atoms with Gasteiger partial charge in [-0.3, -0.25) is 0 Å². The van der Waals surface area contributed by atoms with Gasteiger partial charge in [-0.1, -0.05) is 0 Å². The molecule has 86 valence electrons. The van der Waals surface area contributed by atoms with Crippen molar-refractivity contribution in [1.29, 1.82) is 0 Å². The van der Waals surface area contributed by atoms with E-state index in [1.807, 2.05) is 60.7 Å². The summed E-state index contributed by atoms with van der Waals surface area (Å²) >= 11 is 0. The maximum absolute atomic E-state index is 2.50. The van der Waals surface area contributed by atoms with Crippen LogP contribution in [0.2, 0.25) is 0 Å². The molecule has 3 aromatic carbocycles. The van der Waals surface area contributed by atoms with Crippen molar-refractivity contribution in [3.05, 3.63) is 97.1 Å². The average molecular weight is 304 g/mol. The minimum atomic E-state index is 0. The van der Waals surface area contributed by atoms with Crippen molar-refractivity contribution >= 4 is 0 Å². The summed E-state index contributed by atoms with van der Waals surface area (Å²) in [7, 11) is 0. The normalized spacial score (nSPS) is 7.11. The van der Waals surface area contributed by atoms with E-state index >= 15 is 0 Å². The molecule has 0 aliphatic rings. The van der Waals surface area contributed by atoms with E-state index in [4.69, 9.17) is 0 Å². The molecule has 3 aromatic rings. The fourth-order valence-electron chi connectivity index (χ4n) is 0.829. The van der Waals surface area contributed by atoms with Gasteiger partial charge >= 0.3 is 0 Å². The molecule has 0 heterocycles. The third-order valence-corrected chi connectivity index (χ3v) is 1.49. The molecule has 0 saturated carbocycles. The molecule has 3 rings (SSSR count). The Labute approximate surface area is 134 Å². The van der Waals surface area contributed by atoms with Crippen molar-refractivity contribution in [2.45, 2.75) is 0 Å². The summed E-state index contributed by atoms with van der Waals surface area (Å²) < 4.78 is 0. The van der Waals surface area contributed by atoms with Gasteiger partial charge in [0.2, 0.25) is 0 Å². The monoisotopic (exact) mass is 304 g/mol. The molecule has 0 aliphatic heterocycles. The van der Waals surface area contributed by atoms with Crippen LogP contribution in [0.25, 0.3) is 0 Å². The van der Waals surface area contributed by atoms with Crippen molar-refractivity contribution in [3.8, 4) is 0 Å². The van der Waals surface area contributed by atoms with E-state index in [0.717, 1.165) is 0 Å². The quantitative estimate of drug-likeness (QED) is 0.559. The first-order valence-electron chi connectivity index (χ1n) is 4.83. The van der Waals surface area contributed by atoms with Crippen molar-refractivity contribution in [3.63, 3.8) is 0 Å². The summed E-state index contributed by atoms with van der Waals surface area (Å²) in [5.41, 5.74) is 0. The van der Waals surface area contributed by atoms with E-state index < -0.39 is 0 Å². The first kappa shape index (κ1) is 19.4. The van der Waals surface area contributed by atoms with Gasteiger partial charge in [-0.2, -0.15) is 36.4 Å². The molecule has 0 atom stereocenters. The van der Waals surface area contributed by atoms with E-state index in [-0.39, 0.29) is 37.1 Å². The average Bonchev–Trinajstić information content (AvgIpc) is 3.10. The molecule has 0 unspecified atom stereocenters. The summed E-state index contributed by atoms with van der Waals surface area (Å²) in [4.78, 5) is 0. The van der Waals surface area contributed by atoms with E-state index in [0.29, 0.717) is 0 Å². The van der Waals surface area contributed by atoms with Gasteiger partial charge in [-0.25, -0.2) is 24.3 Å². The molecule has 0 amide bonds. The molecule has 0 fully saturated rings. The van der Waals surface area contributed by atoms with Gasteiger partial charge in [0, 0.05) is 73.5 Å². The van der Waals surface area contributed by atoms with Crippen LogP contribution in [0.4, 0.5) is 0 Å². The first-order chi connectivity index (χ1) is 8.00. The Morgan fingerprint density at radius 3 is 0.778 bits per heavy atom. The van der Waals surface area contributed by atoms with Crippen molar-refractivity contribution in [1.82, 2.24) is 0 Å². The summed E-state index contributed by atoms with van der Waals surface area (Å²) in [6.45, 7) is 0. The summed E-state index contributed by atoms with van der Waals surface area (Å²) in [5.74, 6) is 0. The van der Waals surface area contributed by atoms with E-state index in [1.165, 1.54) is 0 Å². The van der Waals surface area contributed by atoms with Gasteiger partial charge in [0.15, 0.2) is 0 Å². The summed E-state index contributed by atoms with van der Waals surface area (Å²) in [5, 5.41) is 0. The minimum Gasteiger partial charge on any atom is -0.214 e. The Hall–Kier alpha value is -0.911. The Kier molecular flexibility index (Phi) is 17.4. The predicted octanol–water partition coefficient (Wildman–Crippen LogP) is 3.29.